The van der Waals surface area contributed by atoms with Crippen LogP contribution in [-0.4, -0.2) is 20.6 Å². The Labute approximate surface area is 117 Å². The second kappa shape index (κ2) is 5.78. The Bertz CT molecular complexity index is 674. The van der Waals surface area contributed by atoms with Crippen molar-refractivity contribution in [3.05, 3.63) is 35.1 Å². The minimum atomic E-state index is -3.66. The highest BCUT2D eigenvalue weighted by Gasteiger charge is 2.26. The van der Waals surface area contributed by atoms with E-state index < -0.39 is 10.0 Å². The molecule has 2 aromatic heterocycles. The summed E-state index contributed by atoms with van der Waals surface area (Å²) in [5.74, 6) is 0.971. The number of aryl methyl sites for hydroxylation is 2. The molecule has 0 saturated heterocycles. The van der Waals surface area contributed by atoms with Crippen molar-refractivity contribution in [2.45, 2.75) is 31.8 Å². The lowest BCUT2D eigenvalue weighted by atomic mass is 10.2. The number of sulfonamides is 1. The normalized spacial score (nSPS) is 11.9. The van der Waals surface area contributed by atoms with Crippen molar-refractivity contribution in [3.63, 3.8) is 0 Å². The lowest BCUT2D eigenvalue weighted by Crippen LogP contribution is -2.25. The van der Waals surface area contributed by atoms with Crippen LogP contribution in [0.25, 0.3) is 0 Å². The predicted molar refractivity (Wildman–Crippen MR) is 71.5 cm³/mol. The van der Waals surface area contributed by atoms with E-state index in [9.17, 15) is 8.42 Å². The van der Waals surface area contributed by atoms with Crippen LogP contribution < -0.4 is 10.0 Å². The molecule has 7 nitrogen and oxygen atoms in total. The molecule has 20 heavy (non-hydrogen) atoms. The highest BCUT2D eigenvalue weighted by Crippen LogP contribution is 2.26. The lowest BCUT2D eigenvalue weighted by molar-refractivity contribution is 0.411. The number of hydrogen-bond donors (Lipinski definition) is 2. The summed E-state index contributed by atoms with van der Waals surface area (Å²) in [7, 11) is -1.91. The molecule has 2 rings (SSSR count). The van der Waals surface area contributed by atoms with Gasteiger partial charge in [-0.1, -0.05) is 5.16 Å². The van der Waals surface area contributed by atoms with Gasteiger partial charge in [0.2, 0.25) is 10.0 Å². The van der Waals surface area contributed by atoms with Crippen LogP contribution in [0.1, 0.15) is 22.8 Å². The second-order valence-corrected chi connectivity index (χ2v) is 6.07. The summed E-state index contributed by atoms with van der Waals surface area (Å²) >= 11 is 0. The zero-order valence-corrected chi connectivity index (χ0v) is 12.4. The van der Waals surface area contributed by atoms with Crippen LogP contribution in [0.2, 0.25) is 0 Å². The third kappa shape index (κ3) is 2.92. The number of hydrogen-bond acceptors (Lipinski definition) is 6. The van der Waals surface area contributed by atoms with Crippen molar-refractivity contribution >= 4 is 10.0 Å². The highest BCUT2D eigenvalue weighted by atomic mass is 32.2. The van der Waals surface area contributed by atoms with Gasteiger partial charge in [0.05, 0.1) is 12.2 Å². The van der Waals surface area contributed by atoms with Crippen molar-refractivity contribution in [1.82, 2.24) is 15.2 Å². The van der Waals surface area contributed by atoms with Gasteiger partial charge < -0.3 is 14.3 Å². The van der Waals surface area contributed by atoms with Gasteiger partial charge in [0.1, 0.15) is 22.7 Å². The number of nitrogens with one attached hydrogen (secondary N) is 2. The quantitative estimate of drug-likeness (QED) is 0.828. The fraction of sp³-hybridized carbons (Fsp3) is 0.417. The van der Waals surface area contributed by atoms with E-state index in [0.717, 1.165) is 0 Å². The van der Waals surface area contributed by atoms with E-state index in [1.54, 1.807) is 27.0 Å². The van der Waals surface area contributed by atoms with Crippen molar-refractivity contribution in [2.24, 2.45) is 0 Å². The van der Waals surface area contributed by atoms with Gasteiger partial charge in [-0.3, -0.25) is 0 Å². The SMILES string of the molecule is CNCc1c(C)oc(C)c1S(=O)(=O)NCc1ccon1. The Balaban J connectivity index is 2.29. The summed E-state index contributed by atoms with van der Waals surface area (Å²) in [4.78, 5) is 0.188. The van der Waals surface area contributed by atoms with Crippen LogP contribution in [0.4, 0.5) is 0 Å². The second-order valence-electron chi connectivity index (χ2n) is 4.37. The number of furan rings is 1. The fourth-order valence-electron chi connectivity index (χ4n) is 2.01. The average molecular weight is 299 g/mol. The van der Waals surface area contributed by atoms with E-state index >= 15 is 0 Å². The van der Waals surface area contributed by atoms with E-state index in [2.05, 4.69) is 19.7 Å². The Morgan fingerprint density at radius 2 is 2.00 bits per heavy atom. The maximum absolute atomic E-state index is 12.4. The van der Waals surface area contributed by atoms with Gasteiger partial charge in [0, 0.05) is 18.2 Å². The summed E-state index contributed by atoms with van der Waals surface area (Å²) in [5, 5.41) is 6.60. The summed E-state index contributed by atoms with van der Waals surface area (Å²) < 4.78 is 37.4. The van der Waals surface area contributed by atoms with Crippen LogP contribution in [-0.2, 0) is 23.1 Å². The Hall–Kier alpha value is -1.64. The maximum atomic E-state index is 12.4. The van der Waals surface area contributed by atoms with Crippen LogP contribution in [0.5, 0.6) is 0 Å². The smallest absolute Gasteiger partial charge is 0.244 e. The average Bonchev–Trinajstić information content (AvgIpc) is 2.97. The Morgan fingerprint density at radius 3 is 2.60 bits per heavy atom. The third-order valence-electron chi connectivity index (χ3n) is 2.88. The number of aromatic nitrogens is 1. The van der Waals surface area contributed by atoms with Gasteiger partial charge >= 0.3 is 0 Å². The minimum absolute atomic E-state index is 0.0709. The van der Waals surface area contributed by atoms with E-state index in [1.165, 1.54) is 6.26 Å². The molecule has 0 spiro atoms. The molecule has 0 aromatic carbocycles. The lowest BCUT2D eigenvalue weighted by Gasteiger charge is -2.07. The van der Waals surface area contributed by atoms with Gasteiger partial charge in [0.25, 0.3) is 0 Å². The largest absolute Gasteiger partial charge is 0.465 e. The molecule has 0 atom stereocenters. The zero-order chi connectivity index (χ0) is 14.8. The van der Waals surface area contributed by atoms with Gasteiger partial charge in [-0.2, -0.15) is 0 Å². The molecule has 0 unspecified atom stereocenters. The number of rotatable bonds is 6. The highest BCUT2D eigenvalue weighted by molar-refractivity contribution is 7.89. The summed E-state index contributed by atoms with van der Waals surface area (Å²) in [6.45, 7) is 3.87. The van der Waals surface area contributed by atoms with Gasteiger partial charge in [0.15, 0.2) is 0 Å². The molecule has 0 aliphatic carbocycles. The van der Waals surface area contributed by atoms with Crippen molar-refractivity contribution < 1.29 is 17.4 Å². The molecule has 0 fully saturated rings. The first-order valence-electron chi connectivity index (χ1n) is 6.08. The fourth-order valence-corrected chi connectivity index (χ4v) is 3.46. The van der Waals surface area contributed by atoms with Crippen LogP contribution in [0.3, 0.4) is 0 Å². The van der Waals surface area contributed by atoms with Crippen molar-refractivity contribution in [2.75, 3.05) is 7.05 Å². The first-order chi connectivity index (χ1) is 9.45. The monoisotopic (exact) mass is 299 g/mol. The van der Waals surface area contributed by atoms with E-state index in [0.29, 0.717) is 29.3 Å². The Morgan fingerprint density at radius 1 is 1.25 bits per heavy atom. The minimum Gasteiger partial charge on any atom is -0.465 e. The first kappa shape index (κ1) is 14.8. The van der Waals surface area contributed by atoms with Crippen LogP contribution in [0.15, 0.2) is 26.2 Å². The molecule has 0 radical (unpaired) electrons. The molecule has 8 heteroatoms. The molecule has 2 N–H and O–H groups in total. The molecule has 2 aromatic rings. The van der Waals surface area contributed by atoms with E-state index in [4.69, 9.17) is 4.42 Å². The maximum Gasteiger partial charge on any atom is 0.244 e. The summed E-state index contributed by atoms with van der Waals surface area (Å²) in [5.41, 5.74) is 1.15. The van der Waals surface area contributed by atoms with E-state index in [1.807, 2.05) is 0 Å². The molecule has 0 aliphatic heterocycles. The molecule has 2 heterocycles. The molecule has 0 amide bonds. The Kier molecular flexibility index (Phi) is 4.26. The molecule has 0 saturated carbocycles. The molecule has 110 valence electrons. The predicted octanol–water partition coefficient (Wildman–Crippen LogP) is 1.08. The topological polar surface area (TPSA) is 97.4 Å². The van der Waals surface area contributed by atoms with Gasteiger partial charge in [-0.15, -0.1) is 0 Å². The summed E-state index contributed by atoms with van der Waals surface area (Å²) in [6.07, 6.45) is 1.39. The molecular weight excluding hydrogens is 282 g/mol. The van der Waals surface area contributed by atoms with Crippen molar-refractivity contribution in [3.8, 4) is 0 Å². The van der Waals surface area contributed by atoms with Crippen LogP contribution in [0, 0.1) is 13.8 Å². The summed E-state index contributed by atoms with van der Waals surface area (Å²) in [6, 6.07) is 1.60. The number of nitrogens with zero attached hydrogens (tertiary/aromatic N) is 1. The zero-order valence-electron chi connectivity index (χ0n) is 11.6. The standard InChI is InChI=1S/C12H17N3O4S/c1-8-11(7-13-3)12(9(2)19-8)20(16,17)14-6-10-4-5-18-15-10/h4-5,13-14H,6-7H2,1-3H3. The molecule has 0 bridgehead atoms. The van der Waals surface area contributed by atoms with Gasteiger partial charge in [-0.25, -0.2) is 13.1 Å². The molecular formula is C12H17N3O4S. The van der Waals surface area contributed by atoms with Gasteiger partial charge in [-0.05, 0) is 20.9 Å². The van der Waals surface area contributed by atoms with E-state index in [-0.39, 0.29) is 11.4 Å². The molecule has 0 aliphatic rings. The van der Waals surface area contributed by atoms with Crippen molar-refractivity contribution in [1.29, 1.82) is 0 Å². The van der Waals surface area contributed by atoms with Crippen LogP contribution >= 0.6 is 0 Å². The first-order valence-corrected chi connectivity index (χ1v) is 7.56. The third-order valence-corrected chi connectivity index (χ3v) is 4.48.